The van der Waals surface area contributed by atoms with E-state index in [1.807, 2.05) is 17.8 Å². The third-order valence-electron chi connectivity index (χ3n) is 2.68. The highest BCUT2D eigenvalue weighted by Crippen LogP contribution is 2.30. The van der Waals surface area contributed by atoms with E-state index in [4.69, 9.17) is 5.73 Å². The number of rotatable bonds is 1. The van der Waals surface area contributed by atoms with Crippen molar-refractivity contribution < 1.29 is 4.39 Å². The Balaban J connectivity index is 2.20. The molecule has 0 bridgehead atoms. The number of halogens is 1. The molecule has 1 saturated heterocycles. The van der Waals surface area contributed by atoms with Gasteiger partial charge in [-0.1, -0.05) is 12.1 Å². The number of benzene rings is 1. The fourth-order valence-electron chi connectivity index (χ4n) is 1.91. The second kappa shape index (κ2) is 4.32. The zero-order valence-corrected chi connectivity index (χ0v) is 8.77. The van der Waals surface area contributed by atoms with E-state index >= 15 is 0 Å². The van der Waals surface area contributed by atoms with Gasteiger partial charge in [0.25, 0.3) is 0 Å². The van der Waals surface area contributed by atoms with Crippen LogP contribution in [0.15, 0.2) is 24.3 Å². The van der Waals surface area contributed by atoms with Crippen LogP contribution < -0.4 is 5.73 Å². The number of hydrogen-bond donors (Lipinski definition) is 1. The first kappa shape index (κ1) is 9.99. The first-order valence-corrected chi connectivity index (χ1v) is 6.01. The van der Waals surface area contributed by atoms with Crippen LogP contribution in [0.1, 0.15) is 17.9 Å². The highest BCUT2D eigenvalue weighted by atomic mass is 32.2. The van der Waals surface area contributed by atoms with Crippen LogP contribution in [0.2, 0.25) is 0 Å². The Morgan fingerprint density at radius 2 is 2.29 bits per heavy atom. The molecule has 1 aliphatic rings. The Bertz CT molecular complexity index is 316. The smallest absolute Gasteiger partial charge is 0.123 e. The van der Waals surface area contributed by atoms with E-state index in [2.05, 4.69) is 0 Å². The molecule has 1 fully saturated rings. The lowest BCUT2D eigenvalue weighted by molar-refractivity contribution is 0.543. The van der Waals surface area contributed by atoms with Gasteiger partial charge in [0, 0.05) is 17.7 Å². The minimum atomic E-state index is -0.159. The van der Waals surface area contributed by atoms with Crippen molar-refractivity contribution in [1.29, 1.82) is 0 Å². The largest absolute Gasteiger partial charge is 0.326 e. The highest BCUT2D eigenvalue weighted by Gasteiger charge is 2.23. The molecule has 14 heavy (non-hydrogen) atoms. The van der Waals surface area contributed by atoms with Crippen LogP contribution in [-0.4, -0.2) is 17.5 Å². The summed E-state index contributed by atoms with van der Waals surface area (Å²) in [5, 5.41) is 0. The Hall–Kier alpha value is -0.540. The summed E-state index contributed by atoms with van der Waals surface area (Å²) in [6.07, 6.45) is 1.06. The van der Waals surface area contributed by atoms with Crippen LogP contribution in [0, 0.1) is 5.82 Å². The van der Waals surface area contributed by atoms with Crippen LogP contribution in [0.4, 0.5) is 4.39 Å². The summed E-state index contributed by atoms with van der Waals surface area (Å²) < 4.78 is 13.0. The maximum absolute atomic E-state index is 13.0. The molecule has 2 unspecified atom stereocenters. The molecule has 3 heteroatoms. The van der Waals surface area contributed by atoms with Gasteiger partial charge in [-0.05, 0) is 29.9 Å². The van der Waals surface area contributed by atoms with Gasteiger partial charge in [0.1, 0.15) is 5.82 Å². The fraction of sp³-hybridized carbons (Fsp3) is 0.455. The van der Waals surface area contributed by atoms with Gasteiger partial charge < -0.3 is 5.73 Å². The molecule has 2 atom stereocenters. The Kier molecular flexibility index (Phi) is 3.08. The normalized spacial score (nSPS) is 27.6. The molecule has 76 valence electrons. The van der Waals surface area contributed by atoms with E-state index < -0.39 is 0 Å². The summed E-state index contributed by atoms with van der Waals surface area (Å²) in [5.41, 5.74) is 7.07. The number of nitrogens with two attached hydrogens (primary N) is 1. The van der Waals surface area contributed by atoms with Gasteiger partial charge in [-0.15, -0.1) is 0 Å². The summed E-state index contributed by atoms with van der Waals surface area (Å²) in [6, 6.07) is 7.01. The van der Waals surface area contributed by atoms with E-state index in [0.29, 0.717) is 5.92 Å². The quantitative estimate of drug-likeness (QED) is 0.771. The summed E-state index contributed by atoms with van der Waals surface area (Å²) in [7, 11) is 0. The van der Waals surface area contributed by atoms with E-state index in [1.54, 1.807) is 12.1 Å². The molecule has 0 aliphatic carbocycles. The topological polar surface area (TPSA) is 26.0 Å². The maximum atomic E-state index is 13.0. The molecule has 1 aromatic carbocycles. The second-order valence-electron chi connectivity index (χ2n) is 3.69. The molecule has 0 radical (unpaired) electrons. The molecular formula is C11H14FNS. The van der Waals surface area contributed by atoms with Crippen molar-refractivity contribution in [3.8, 4) is 0 Å². The van der Waals surface area contributed by atoms with Crippen LogP contribution >= 0.6 is 11.8 Å². The molecule has 0 amide bonds. The van der Waals surface area contributed by atoms with Crippen molar-refractivity contribution >= 4 is 11.8 Å². The predicted octanol–water partition coefficient (Wildman–Crippen LogP) is 2.37. The van der Waals surface area contributed by atoms with Crippen molar-refractivity contribution in [1.82, 2.24) is 0 Å². The van der Waals surface area contributed by atoms with Gasteiger partial charge in [-0.3, -0.25) is 0 Å². The number of hydrogen-bond acceptors (Lipinski definition) is 2. The SMILES string of the molecule is NC1CSCCC1c1cccc(F)c1. The number of thioether (sulfide) groups is 1. The molecule has 1 nitrogen and oxygen atoms in total. The molecule has 0 spiro atoms. The summed E-state index contributed by atoms with van der Waals surface area (Å²) in [6.45, 7) is 0. The van der Waals surface area contributed by atoms with Gasteiger partial charge >= 0.3 is 0 Å². The average molecular weight is 211 g/mol. The second-order valence-corrected chi connectivity index (χ2v) is 4.84. The molecular weight excluding hydrogens is 197 g/mol. The van der Waals surface area contributed by atoms with E-state index in [1.165, 1.54) is 6.07 Å². The third-order valence-corrected chi connectivity index (χ3v) is 3.82. The van der Waals surface area contributed by atoms with E-state index in [9.17, 15) is 4.39 Å². The summed E-state index contributed by atoms with van der Waals surface area (Å²) in [4.78, 5) is 0. The zero-order valence-electron chi connectivity index (χ0n) is 7.95. The van der Waals surface area contributed by atoms with Crippen LogP contribution in [0.5, 0.6) is 0 Å². The maximum Gasteiger partial charge on any atom is 0.123 e. The van der Waals surface area contributed by atoms with Gasteiger partial charge in [0.05, 0.1) is 0 Å². The highest BCUT2D eigenvalue weighted by molar-refractivity contribution is 7.99. The Morgan fingerprint density at radius 3 is 3.00 bits per heavy atom. The predicted molar refractivity (Wildman–Crippen MR) is 59.1 cm³/mol. The molecule has 1 aromatic rings. The summed E-state index contributed by atoms with van der Waals surface area (Å²) in [5.74, 6) is 2.30. The lowest BCUT2D eigenvalue weighted by Gasteiger charge is -2.28. The van der Waals surface area contributed by atoms with Crippen molar-refractivity contribution in [3.05, 3.63) is 35.6 Å². The lowest BCUT2D eigenvalue weighted by Crippen LogP contribution is -2.34. The fourth-order valence-corrected chi connectivity index (χ4v) is 3.00. The lowest BCUT2D eigenvalue weighted by atomic mass is 9.90. The van der Waals surface area contributed by atoms with Gasteiger partial charge in [-0.2, -0.15) is 11.8 Å². The van der Waals surface area contributed by atoms with Crippen LogP contribution in [0.25, 0.3) is 0 Å². The molecule has 2 rings (SSSR count). The standard InChI is InChI=1S/C11H14FNS/c12-9-3-1-2-8(6-9)10-4-5-14-7-11(10)13/h1-3,6,10-11H,4-5,7,13H2. The van der Waals surface area contributed by atoms with E-state index in [-0.39, 0.29) is 11.9 Å². The minimum Gasteiger partial charge on any atom is -0.326 e. The van der Waals surface area contributed by atoms with Crippen LogP contribution in [-0.2, 0) is 0 Å². The van der Waals surface area contributed by atoms with Crippen molar-refractivity contribution in [3.63, 3.8) is 0 Å². The molecule has 0 saturated carbocycles. The first-order chi connectivity index (χ1) is 6.77. The zero-order chi connectivity index (χ0) is 9.97. The van der Waals surface area contributed by atoms with Gasteiger partial charge in [0.15, 0.2) is 0 Å². The van der Waals surface area contributed by atoms with Gasteiger partial charge in [-0.25, -0.2) is 4.39 Å². The molecule has 2 N–H and O–H groups in total. The Morgan fingerprint density at radius 1 is 1.43 bits per heavy atom. The van der Waals surface area contributed by atoms with E-state index in [0.717, 1.165) is 23.5 Å². The van der Waals surface area contributed by atoms with Crippen molar-refractivity contribution in [2.45, 2.75) is 18.4 Å². The Labute approximate surface area is 87.9 Å². The van der Waals surface area contributed by atoms with Crippen LogP contribution in [0.3, 0.4) is 0 Å². The molecule has 0 aromatic heterocycles. The average Bonchev–Trinajstić information content (AvgIpc) is 2.18. The molecule has 1 aliphatic heterocycles. The first-order valence-electron chi connectivity index (χ1n) is 4.86. The van der Waals surface area contributed by atoms with Crippen molar-refractivity contribution in [2.24, 2.45) is 5.73 Å². The van der Waals surface area contributed by atoms with Crippen molar-refractivity contribution in [2.75, 3.05) is 11.5 Å². The minimum absolute atomic E-state index is 0.159. The third kappa shape index (κ3) is 2.10. The molecule has 1 heterocycles. The summed E-state index contributed by atoms with van der Waals surface area (Å²) >= 11 is 1.89. The van der Waals surface area contributed by atoms with Gasteiger partial charge in [0.2, 0.25) is 0 Å². The monoisotopic (exact) mass is 211 g/mol.